The third-order valence-corrected chi connectivity index (χ3v) is 4.01. The number of aromatic nitrogens is 1. The molecule has 2 N–H and O–H groups in total. The summed E-state index contributed by atoms with van der Waals surface area (Å²) in [6.45, 7) is 6.67. The molecule has 23 heavy (non-hydrogen) atoms. The van der Waals surface area contributed by atoms with Gasteiger partial charge < -0.3 is 19.9 Å². The third-order valence-electron chi connectivity index (χ3n) is 4.01. The molecule has 2 aromatic rings. The van der Waals surface area contributed by atoms with Crippen LogP contribution in [0.5, 0.6) is 0 Å². The van der Waals surface area contributed by atoms with Gasteiger partial charge in [0.15, 0.2) is 5.96 Å². The largest absolute Gasteiger partial charge is 0.377 e. The second kappa shape index (κ2) is 8.02. The normalized spacial score (nSPS) is 12.6. The Labute approximate surface area is 138 Å². The van der Waals surface area contributed by atoms with Crippen molar-refractivity contribution >= 4 is 16.9 Å². The zero-order valence-corrected chi connectivity index (χ0v) is 14.6. The molecule has 0 unspecified atom stereocenters. The number of hydrogen-bond acceptors (Lipinski definition) is 2. The SMILES string of the molecule is CN=C(NCCCn1ccc2ccccc21)NCC(C)(C)OC. The molecule has 0 spiro atoms. The van der Waals surface area contributed by atoms with E-state index in [1.807, 2.05) is 13.8 Å². The van der Waals surface area contributed by atoms with E-state index in [-0.39, 0.29) is 5.60 Å². The topological polar surface area (TPSA) is 50.6 Å². The van der Waals surface area contributed by atoms with Gasteiger partial charge in [0.1, 0.15) is 0 Å². The molecule has 1 aromatic carbocycles. The third kappa shape index (κ3) is 4.99. The molecule has 0 bridgehead atoms. The number of rotatable bonds is 7. The maximum Gasteiger partial charge on any atom is 0.191 e. The number of nitrogens with one attached hydrogen (secondary N) is 2. The van der Waals surface area contributed by atoms with E-state index >= 15 is 0 Å². The molecule has 0 aliphatic rings. The summed E-state index contributed by atoms with van der Waals surface area (Å²) in [5.74, 6) is 0.812. The molecule has 0 amide bonds. The van der Waals surface area contributed by atoms with Crippen LogP contribution in [0, 0.1) is 0 Å². The van der Waals surface area contributed by atoms with Crippen molar-refractivity contribution in [2.24, 2.45) is 4.99 Å². The molecule has 1 heterocycles. The fourth-order valence-corrected chi connectivity index (χ4v) is 2.38. The molecule has 0 fully saturated rings. The van der Waals surface area contributed by atoms with Gasteiger partial charge in [0, 0.05) is 45.5 Å². The van der Waals surface area contributed by atoms with Crippen LogP contribution in [0.3, 0.4) is 0 Å². The minimum Gasteiger partial charge on any atom is -0.377 e. The first-order chi connectivity index (χ1) is 11.1. The molecule has 0 aliphatic heterocycles. The first-order valence-corrected chi connectivity index (χ1v) is 8.09. The van der Waals surface area contributed by atoms with Gasteiger partial charge in [-0.2, -0.15) is 0 Å². The lowest BCUT2D eigenvalue weighted by Gasteiger charge is -2.24. The van der Waals surface area contributed by atoms with Crippen molar-refractivity contribution in [1.82, 2.24) is 15.2 Å². The van der Waals surface area contributed by atoms with Gasteiger partial charge in [-0.05, 0) is 37.8 Å². The molecule has 0 aliphatic carbocycles. The van der Waals surface area contributed by atoms with E-state index in [0.717, 1.165) is 25.5 Å². The van der Waals surface area contributed by atoms with Crippen LogP contribution in [0.2, 0.25) is 0 Å². The highest BCUT2D eigenvalue weighted by atomic mass is 16.5. The molecule has 2 rings (SSSR count). The Hall–Kier alpha value is -2.01. The highest BCUT2D eigenvalue weighted by Crippen LogP contribution is 2.15. The minimum absolute atomic E-state index is 0.207. The van der Waals surface area contributed by atoms with Gasteiger partial charge in [0.05, 0.1) is 5.60 Å². The van der Waals surface area contributed by atoms with E-state index < -0.39 is 0 Å². The maximum absolute atomic E-state index is 5.40. The summed E-state index contributed by atoms with van der Waals surface area (Å²) in [6.07, 6.45) is 3.19. The molecule has 0 saturated carbocycles. The quantitative estimate of drug-likeness (QED) is 0.469. The summed E-state index contributed by atoms with van der Waals surface area (Å²) in [4.78, 5) is 4.24. The number of aryl methyl sites for hydroxylation is 1. The van der Waals surface area contributed by atoms with E-state index in [1.165, 1.54) is 10.9 Å². The molecule has 5 nitrogen and oxygen atoms in total. The number of benzene rings is 1. The van der Waals surface area contributed by atoms with Gasteiger partial charge in [-0.15, -0.1) is 0 Å². The van der Waals surface area contributed by atoms with Crippen molar-refractivity contribution in [3.63, 3.8) is 0 Å². The van der Waals surface area contributed by atoms with Crippen LogP contribution in [-0.4, -0.2) is 43.4 Å². The molecular formula is C18H28N4O. The fourth-order valence-electron chi connectivity index (χ4n) is 2.38. The Morgan fingerprint density at radius 2 is 2.00 bits per heavy atom. The highest BCUT2D eigenvalue weighted by molar-refractivity contribution is 5.80. The Morgan fingerprint density at radius 1 is 1.22 bits per heavy atom. The van der Waals surface area contributed by atoms with E-state index in [0.29, 0.717) is 6.54 Å². The summed E-state index contributed by atoms with van der Waals surface area (Å²) in [6, 6.07) is 10.6. The average Bonchev–Trinajstić information content (AvgIpc) is 2.97. The average molecular weight is 316 g/mol. The van der Waals surface area contributed by atoms with Crippen molar-refractivity contribution < 1.29 is 4.74 Å². The highest BCUT2D eigenvalue weighted by Gasteiger charge is 2.16. The molecule has 0 atom stereocenters. The van der Waals surface area contributed by atoms with Crippen molar-refractivity contribution in [3.05, 3.63) is 36.5 Å². The lowest BCUT2D eigenvalue weighted by atomic mass is 10.1. The Kier molecular flexibility index (Phi) is 6.04. The van der Waals surface area contributed by atoms with Crippen LogP contribution in [0.4, 0.5) is 0 Å². The predicted molar refractivity (Wildman–Crippen MR) is 97.0 cm³/mol. The van der Waals surface area contributed by atoms with E-state index in [2.05, 4.69) is 56.7 Å². The standard InChI is InChI=1S/C18H28N4O/c1-18(2,23-4)14-21-17(19-3)20-11-7-12-22-13-10-15-8-5-6-9-16(15)22/h5-6,8-10,13H,7,11-12,14H2,1-4H3,(H2,19,20,21). The van der Waals surface area contributed by atoms with Crippen LogP contribution in [-0.2, 0) is 11.3 Å². The molecular weight excluding hydrogens is 288 g/mol. The minimum atomic E-state index is -0.207. The van der Waals surface area contributed by atoms with Gasteiger partial charge in [-0.1, -0.05) is 18.2 Å². The molecule has 126 valence electrons. The van der Waals surface area contributed by atoms with Crippen molar-refractivity contribution in [2.45, 2.75) is 32.4 Å². The van der Waals surface area contributed by atoms with E-state index in [9.17, 15) is 0 Å². The number of aliphatic imine (C=N–C) groups is 1. The van der Waals surface area contributed by atoms with E-state index in [4.69, 9.17) is 4.74 Å². The number of para-hydroxylation sites is 1. The summed E-state index contributed by atoms with van der Waals surface area (Å²) in [7, 11) is 3.51. The maximum atomic E-state index is 5.40. The number of methoxy groups -OCH3 is 1. The lowest BCUT2D eigenvalue weighted by molar-refractivity contribution is 0.0268. The zero-order valence-electron chi connectivity index (χ0n) is 14.6. The number of guanidine groups is 1. The van der Waals surface area contributed by atoms with Gasteiger partial charge in [0.25, 0.3) is 0 Å². The molecule has 1 aromatic heterocycles. The van der Waals surface area contributed by atoms with Gasteiger partial charge in [-0.3, -0.25) is 4.99 Å². The Morgan fingerprint density at radius 3 is 2.74 bits per heavy atom. The Balaban J connectivity index is 1.76. The first kappa shape index (κ1) is 17.3. The van der Waals surface area contributed by atoms with Crippen molar-refractivity contribution in [2.75, 3.05) is 27.2 Å². The number of hydrogen-bond donors (Lipinski definition) is 2. The van der Waals surface area contributed by atoms with Crippen LogP contribution < -0.4 is 10.6 Å². The number of nitrogens with zero attached hydrogens (tertiary/aromatic N) is 2. The molecule has 0 saturated heterocycles. The summed E-state index contributed by atoms with van der Waals surface area (Å²) in [5.41, 5.74) is 1.08. The van der Waals surface area contributed by atoms with E-state index in [1.54, 1.807) is 14.2 Å². The van der Waals surface area contributed by atoms with Gasteiger partial charge in [0.2, 0.25) is 0 Å². The van der Waals surface area contributed by atoms with Crippen LogP contribution in [0.25, 0.3) is 10.9 Å². The van der Waals surface area contributed by atoms with Crippen molar-refractivity contribution in [1.29, 1.82) is 0 Å². The lowest BCUT2D eigenvalue weighted by Crippen LogP contribution is -2.45. The van der Waals surface area contributed by atoms with Gasteiger partial charge in [-0.25, -0.2) is 0 Å². The molecule has 5 heteroatoms. The number of ether oxygens (including phenoxy) is 1. The molecule has 0 radical (unpaired) electrons. The van der Waals surface area contributed by atoms with Crippen LogP contribution >= 0.6 is 0 Å². The summed E-state index contributed by atoms with van der Waals surface area (Å²) in [5, 5.41) is 7.93. The number of fused-ring (bicyclic) bond motifs is 1. The van der Waals surface area contributed by atoms with Crippen molar-refractivity contribution in [3.8, 4) is 0 Å². The monoisotopic (exact) mass is 316 g/mol. The van der Waals surface area contributed by atoms with Gasteiger partial charge >= 0.3 is 0 Å². The van der Waals surface area contributed by atoms with Crippen LogP contribution in [0.1, 0.15) is 20.3 Å². The fraction of sp³-hybridized carbons (Fsp3) is 0.500. The first-order valence-electron chi connectivity index (χ1n) is 8.09. The second-order valence-electron chi connectivity index (χ2n) is 6.24. The smallest absolute Gasteiger partial charge is 0.191 e. The summed E-state index contributed by atoms with van der Waals surface area (Å²) < 4.78 is 7.69. The van der Waals surface area contributed by atoms with Crippen LogP contribution in [0.15, 0.2) is 41.5 Å². The second-order valence-corrected chi connectivity index (χ2v) is 6.24. The predicted octanol–water partition coefficient (Wildman–Crippen LogP) is 2.62. The zero-order chi connectivity index (χ0) is 16.7. The Bertz CT molecular complexity index is 645. The summed E-state index contributed by atoms with van der Waals surface area (Å²) >= 11 is 0.